The molecule has 0 fully saturated rings. The summed E-state index contributed by atoms with van der Waals surface area (Å²) in [6, 6.07) is 7.24. The van der Waals surface area contributed by atoms with Crippen LogP contribution >= 0.6 is 11.6 Å². The number of esters is 1. The van der Waals surface area contributed by atoms with Crippen molar-refractivity contribution in [3.63, 3.8) is 0 Å². The number of hydrogen-bond donors (Lipinski definition) is 0. The summed E-state index contributed by atoms with van der Waals surface area (Å²) in [6.07, 6.45) is 4.57. The summed E-state index contributed by atoms with van der Waals surface area (Å²) in [5.74, 6) is 0.0964. The molecule has 0 bridgehead atoms. The Kier molecular flexibility index (Phi) is 7.05. The van der Waals surface area contributed by atoms with E-state index in [0.29, 0.717) is 34.8 Å². The fraction of sp³-hybridized carbons (Fsp3) is 0.545. The van der Waals surface area contributed by atoms with E-state index in [2.05, 4.69) is 6.92 Å². The summed E-state index contributed by atoms with van der Waals surface area (Å²) >= 11 is 6.33. The van der Waals surface area contributed by atoms with E-state index >= 15 is 0 Å². The molecule has 0 radical (unpaired) electrons. The van der Waals surface area contributed by atoms with E-state index in [9.17, 15) is 9.59 Å². The van der Waals surface area contributed by atoms with Crippen LogP contribution in [0.1, 0.15) is 71.8 Å². The molecule has 0 saturated heterocycles. The second kappa shape index (κ2) is 8.85. The van der Waals surface area contributed by atoms with Crippen molar-refractivity contribution in [3.05, 3.63) is 40.6 Å². The van der Waals surface area contributed by atoms with Crippen LogP contribution in [0.5, 0.6) is 0 Å². The van der Waals surface area contributed by atoms with Crippen LogP contribution in [0, 0.1) is 11.3 Å². The lowest BCUT2D eigenvalue weighted by Gasteiger charge is -2.32. The third kappa shape index (κ3) is 4.97. The van der Waals surface area contributed by atoms with Gasteiger partial charge in [-0.05, 0) is 24.3 Å². The molecule has 1 aliphatic carbocycles. The van der Waals surface area contributed by atoms with Gasteiger partial charge < -0.3 is 4.74 Å². The predicted octanol–water partition coefficient (Wildman–Crippen LogP) is 6.20. The molecule has 0 aromatic heterocycles. The van der Waals surface area contributed by atoms with Gasteiger partial charge in [0.05, 0.1) is 11.5 Å². The zero-order chi connectivity index (χ0) is 19.3. The molecule has 1 atom stereocenters. The molecule has 4 heteroatoms. The van der Waals surface area contributed by atoms with Crippen LogP contribution in [0.2, 0.25) is 5.02 Å². The Labute approximate surface area is 161 Å². The SMILES string of the molecule is CCCCC(CC)C(=O)OC1=C(c2ccccc2Cl)C(=O)CC(C)(C)C1. The smallest absolute Gasteiger partial charge is 0.314 e. The fourth-order valence-electron chi connectivity index (χ4n) is 3.46. The quantitative estimate of drug-likeness (QED) is 0.532. The van der Waals surface area contributed by atoms with Crippen molar-refractivity contribution < 1.29 is 14.3 Å². The van der Waals surface area contributed by atoms with E-state index in [-0.39, 0.29) is 23.1 Å². The monoisotopic (exact) mass is 376 g/mol. The molecule has 0 N–H and O–H groups in total. The van der Waals surface area contributed by atoms with Gasteiger partial charge in [0.2, 0.25) is 0 Å². The summed E-state index contributed by atoms with van der Waals surface area (Å²) in [6.45, 7) is 8.16. The molecule has 0 amide bonds. The minimum Gasteiger partial charge on any atom is -0.430 e. The van der Waals surface area contributed by atoms with Crippen molar-refractivity contribution in [1.29, 1.82) is 0 Å². The van der Waals surface area contributed by atoms with Crippen LogP contribution in [0.15, 0.2) is 30.0 Å². The Balaban J connectivity index is 2.40. The fourth-order valence-corrected chi connectivity index (χ4v) is 3.69. The number of benzene rings is 1. The van der Waals surface area contributed by atoms with Gasteiger partial charge in [0, 0.05) is 23.4 Å². The van der Waals surface area contributed by atoms with E-state index < -0.39 is 0 Å². The van der Waals surface area contributed by atoms with Crippen molar-refractivity contribution in [2.75, 3.05) is 0 Å². The number of ketones is 1. The van der Waals surface area contributed by atoms with E-state index in [1.165, 1.54) is 0 Å². The Morgan fingerprint density at radius 3 is 2.54 bits per heavy atom. The molecule has 26 heavy (non-hydrogen) atoms. The van der Waals surface area contributed by atoms with Crippen molar-refractivity contribution in [1.82, 2.24) is 0 Å². The summed E-state index contributed by atoms with van der Waals surface area (Å²) in [5, 5.41) is 0.502. The normalized spacial score (nSPS) is 18.0. The van der Waals surface area contributed by atoms with E-state index in [4.69, 9.17) is 16.3 Å². The first-order chi connectivity index (χ1) is 12.3. The highest BCUT2D eigenvalue weighted by Gasteiger charge is 2.36. The summed E-state index contributed by atoms with van der Waals surface area (Å²) < 4.78 is 5.83. The summed E-state index contributed by atoms with van der Waals surface area (Å²) in [7, 11) is 0. The first-order valence-electron chi connectivity index (χ1n) is 9.52. The average molecular weight is 377 g/mol. The molecule has 0 saturated carbocycles. The highest BCUT2D eigenvalue weighted by Crippen LogP contribution is 2.42. The number of hydrogen-bond acceptors (Lipinski definition) is 3. The molecule has 2 rings (SSSR count). The van der Waals surface area contributed by atoms with Gasteiger partial charge in [-0.15, -0.1) is 0 Å². The van der Waals surface area contributed by atoms with Gasteiger partial charge in [-0.1, -0.05) is 70.3 Å². The Hall–Kier alpha value is -1.61. The maximum atomic E-state index is 12.9. The maximum Gasteiger partial charge on any atom is 0.314 e. The minimum absolute atomic E-state index is 0.0150. The van der Waals surface area contributed by atoms with Crippen LogP contribution < -0.4 is 0 Å². The molecule has 1 aromatic rings. The van der Waals surface area contributed by atoms with Crippen molar-refractivity contribution in [2.24, 2.45) is 11.3 Å². The number of carbonyl (C=O) groups is 2. The highest BCUT2D eigenvalue weighted by atomic mass is 35.5. The van der Waals surface area contributed by atoms with Crippen molar-refractivity contribution >= 4 is 28.9 Å². The molecule has 3 nitrogen and oxygen atoms in total. The Bertz CT molecular complexity index is 703. The summed E-state index contributed by atoms with van der Waals surface area (Å²) in [4.78, 5) is 25.6. The topological polar surface area (TPSA) is 43.4 Å². The predicted molar refractivity (Wildman–Crippen MR) is 106 cm³/mol. The van der Waals surface area contributed by atoms with Crippen molar-refractivity contribution in [2.45, 2.75) is 66.2 Å². The number of halogens is 1. The van der Waals surface area contributed by atoms with Gasteiger partial charge in [0.15, 0.2) is 5.78 Å². The van der Waals surface area contributed by atoms with Crippen LogP contribution in [0.25, 0.3) is 5.57 Å². The van der Waals surface area contributed by atoms with Gasteiger partial charge >= 0.3 is 5.97 Å². The lowest BCUT2D eigenvalue weighted by atomic mass is 9.75. The van der Waals surface area contributed by atoms with Gasteiger partial charge in [-0.3, -0.25) is 9.59 Å². The molecule has 0 heterocycles. The Morgan fingerprint density at radius 2 is 1.92 bits per heavy atom. The number of unbranched alkanes of at least 4 members (excludes halogenated alkanes) is 1. The first kappa shape index (κ1) is 20.7. The largest absolute Gasteiger partial charge is 0.430 e. The molecule has 142 valence electrons. The zero-order valence-electron chi connectivity index (χ0n) is 16.2. The van der Waals surface area contributed by atoms with Crippen LogP contribution in [0.4, 0.5) is 0 Å². The van der Waals surface area contributed by atoms with E-state index in [1.807, 2.05) is 39.0 Å². The number of allylic oxidation sites excluding steroid dienone is 2. The highest BCUT2D eigenvalue weighted by molar-refractivity contribution is 6.35. The second-order valence-electron chi connectivity index (χ2n) is 7.89. The minimum atomic E-state index is -0.234. The molecule has 1 unspecified atom stereocenters. The van der Waals surface area contributed by atoms with E-state index in [1.54, 1.807) is 6.07 Å². The molecular formula is C22H29ClO3. The maximum absolute atomic E-state index is 12.9. The molecule has 0 aliphatic heterocycles. The standard InChI is InChI=1S/C22H29ClO3/c1-5-7-10-15(6-2)21(25)26-19-14-22(3,4)13-18(24)20(19)16-11-8-9-12-17(16)23/h8-9,11-12,15H,5-7,10,13-14H2,1-4H3. The lowest BCUT2D eigenvalue weighted by molar-refractivity contribution is -0.145. The van der Waals surface area contributed by atoms with Crippen LogP contribution in [-0.2, 0) is 14.3 Å². The van der Waals surface area contributed by atoms with Gasteiger partial charge in [0.25, 0.3) is 0 Å². The van der Waals surface area contributed by atoms with Gasteiger partial charge in [-0.2, -0.15) is 0 Å². The lowest BCUT2D eigenvalue weighted by Crippen LogP contribution is -2.28. The third-order valence-corrected chi connectivity index (χ3v) is 5.26. The average Bonchev–Trinajstić information content (AvgIpc) is 2.55. The third-order valence-electron chi connectivity index (χ3n) is 4.94. The number of rotatable bonds is 7. The number of Topliss-reactive ketones (excluding diaryl/α,β-unsaturated/α-hetero) is 1. The molecular weight excluding hydrogens is 348 g/mol. The zero-order valence-corrected chi connectivity index (χ0v) is 17.0. The molecule has 0 spiro atoms. The second-order valence-corrected chi connectivity index (χ2v) is 8.29. The first-order valence-corrected chi connectivity index (χ1v) is 9.89. The van der Waals surface area contributed by atoms with Crippen molar-refractivity contribution in [3.8, 4) is 0 Å². The molecule has 1 aromatic carbocycles. The Morgan fingerprint density at radius 1 is 1.23 bits per heavy atom. The van der Waals surface area contributed by atoms with Gasteiger partial charge in [-0.25, -0.2) is 0 Å². The molecule has 1 aliphatic rings. The van der Waals surface area contributed by atoms with Crippen LogP contribution in [0.3, 0.4) is 0 Å². The van der Waals surface area contributed by atoms with Gasteiger partial charge in [0.1, 0.15) is 5.76 Å². The van der Waals surface area contributed by atoms with Crippen LogP contribution in [-0.4, -0.2) is 11.8 Å². The number of carbonyl (C=O) groups excluding carboxylic acids is 2. The summed E-state index contributed by atoms with van der Waals surface area (Å²) in [5.41, 5.74) is 0.885. The number of ether oxygens (including phenoxy) is 1. The van der Waals surface area contributed by atoms with E-state index in [0.717, 1.165) is 25.7 Å².